The molecule has 2 heterocycles. The molecule has 0 unspecified atom stereocenters. The second-order valence-electron chi connectivity index (χ2n) is 4.40. The van der Waals surface area contributed by atoms with Crippen molar-refractivity contribution in [3.05, 3.63) is 41.4 Å². The van der Waals surface area contributed by atoms with Gasteiger partial charge in [0.25, 0.3) is 0 Å². The molecule has 3 aromatic rings. The Hall–Kier alpha value is -1.92. The molecule has 0 aliphatic carbocycles. The number of ether oxygens (including phenoxy) is 1. The number of nitrogens with zero attached hydrogens (tertiary/aromatic N) is 3. The lowest BCUT2D eigenvalue weighted by Crippen LogP contribution is -2.10. The summed E-state index contributed by atoms with van der Waals surface area (Å²) in [7, 11) is 1.71. The molecule has 0 saturated heterocycles. The van der Waals surface area contributed by atoms with E-state index in [1.165, 1.54) is 16.4 Å². The zero-order chi connectivity index (χ0) is 13.8. The van der Waals surface area contributed by atoms with Crippen molar-refractivity contribution in [2.24, 2.45) is 0 Å². The number of hydrogen-bond donors (Lipinski definition) is 1. The highest BCUT2D eigenvalue weighted by Gasteiger charge is 2.09. The maximum absolute atomic E-state index is 5.19. The van der Waals surface area contributed by atoms with Gasteiger partial charge < -0.3 is 14.6 Å². The number of para-hydroxylation sites is 2. The van der Waals surface area contributed by atoms with E-state index in [9.17, 15) is 0 Å². The zero-order valence-corrected chi connectivity index (χ0v) is 12.1. The van der Waals surface area contributed by atoms with Gasteiger partial charge in [-0.3, -0.25) is 0 Å². The van der Waals surface area contributed by atoms with E-state index in [0.717, 1.165) is 30.1 Å². The SMILES string of the molecule is COCCn1c(NCc2ccns2)nc2ccccc21. The van der Waals surface area contributed by atoms with E-state index in [0.29, 0.717) is 6.61 Å². The lowest BCUT2D eigenvalue weighted by Gasteiger charge is -2.09. The van der Waals surface area contributed by atoms with Crippen LogP contribution >= 0.6 is 11.5 Å². The molecule has 0 aliphatic heterocycles. The molecule has 0 saturated carbocycles. The fourth-order valence-corrected chi connectivity index (χ4v) is 2.63. The number of hydrogen-bond acceptors (Lipinski definition) is 5. The Morgan fingerprint density at radius 1 is 1.30 bits per heavy atom. The summed E-state index contributed by atoms with van der Waals surface area (Å²) in [6, 6.07) is 10.1. The molecule has 0 aliphatic rings. The Kier molecular flexibility index (Phi) is 3.94. The van der Waals surface area contributed by atoms with Crippen molar-refractivity contribution in [3.63, 3.8) is 0 Å². The third kappa shape index (κ3) is 2.66. The molecule has 0 radical (unpaired) electrons. The van der Waals surface area contributed by atoms with Gasteiger partial charge in [-0.1, -0.05) is 12.1 Å². The topological polar surface area (TPSA) is 52.0 Å². The van der Waals surface area contributed by atoms with Gasteiger partial charge in [0.05, 0.1) is 24.2 Å². The number of rotatable bonds is 6. The van der Waals surface area contributed by atoms with Crippen LogP contribution in [-0.4, -0.2) is 27.6 Å². The first-order valence-corrected chi connectivity index (χ1v) is 7.23. The summed E-state index contributed by atoms with van der Waals surface area (Å²) in [4.78, 5) is 5.84. The van der Waals surface area contributed by atoms with E-state index in [2.05, 4.69) is 25.3 Å². The summed E-state index contributed by atoms with van der Waals surface area (Å²) >= 11 is 1.50. The first-order chi connectivity index (χ1) is 9.88. The first-order valence-electron chi connectivity index (χ1n) is 6.46. The van der Waals surface area contributed by atoms with E-state index < -0.39 is 0 Å². The number of fused-ring (bicyclic) bond motifs is 1. The zero-order valence-electron chi connectivity index (χ0n) is 11.2. The average molecular weight is 288 g/mol. The molecule has 1 aromatic carbocycles. The molecule has 0 bridgehead atoms. The van der Waals surface area contributed by atoms with Crippen LogP contribution in [0.25, 0.3) is 11.0 Å². The molecular weight excluding hydrogens is 272 g/mol. The number of methoxy groups -OCH3 is 1. The summed E-state index contributed by atoms with van der Waals surface area (Å²) in [5, 5.41) is 3.38. The monoisotopic (exact) mass is 288 g/mol. The van der Waals surface area contributed by atoms with Crippen molar-refractivity contribution >= 4 is 28.5 Å². The molecule has 0 amide bonds. The molecule has 104 valence electrons. The number of aromatic nitrogens is 3. The van der Waals surface area contributed by atoms with Crippen LogP contribution in [0, 0.1) is 0 Å². The fourth-order valence-electron chi connectivity index (χ4n) is 2.12. The summed E-state index contributed by atoms with van der Waals surface area (Å²) in [6.45, 7) is 2.18. The lowest BCUT2D eigenvalue weighted by molar-refractivity contribution is 0.189. The standard InChI is InChI=1S/C14H16N4OS/c1-19-9-8-18-13-5-3-2-4-12(13)17-14(18)15-10-11-6-7-16-20-11/h2-7H,8-10H2,1H3,(H,15,17). The number of nitrogens with one attached hydrogen (secondary N) is 1. The van der Waals surface area contributed by atoms with Crippen LogP contribution in [0.1, 0.15) is 4.88 Å². The van der Waals surface area contributed by atoms with Gasteiger partial charge in [0.15, 0.2) is 0 Å². The van der Waals surface area contributed by atoms with E-state index in [-0.39, 0.29) is 0 Å². The van der Waals surface area contributed by atoms with Crippen LogP contribution in [0.3, 0.4) is 0 Å². The van der Waals surface area contributed by atoms with Gasteiger partial charge in [-0.2, -0.15) is 0 Å². The minimum atomic E-state index is 0.662. The van der Waals surface area contributed by atoms with E-state index in [4.69, 9.17) is 4.74 Å². The van der Waals surface area contributed by atoms with Crippen LogP contribution in [-0.2, 0) is 17.8 Å². The second kappa shape index (κ2) is 6.02. The average Bonchev–Trinajstić information content (AvgIpc) is 3.10. The normalized spacial score (nSPS) is 11.1. The number of imidazole rings is 1. The highest BCUT2D eigenvalue weighted by Crippen LogP contribution is 2.20. The largest absolute Gasteiger partial charge is 0.383 e. The minimum absolute atomic E-state index is 0.662. The van der Waals surface area contributed by atoms with Crippen LogP contribution < -0.4 is 5.32 Å². The Morgan fingerprint density at radius 3 is 3.00 bits per heavy atom. The van der Waals surface area contributed by atoms with E-state index in [1.54, 1.807) is 7.11 Å². The maximum atomic E-state index is 5.19. The lowest BCUT2D eigenvalue weighted by atomic mass is 10.3. The molecule has 5 nitrogen and oxygen atoms in total. The van der Waals surface area contributed by atoms with Crippen molar-refractivity contribution in [3.8, 4) is 0 Å². The fraction of sp³-hybridized carbons (Fsp3) is 0.286. The highest BCUT2D eigenvalue weighted by molar-refractivity contribution is 7.05. The van der Waals surface area contributed by atoms with Crippen LogP contribution in [0.15, 0.2) is 36.5 Å². The molecular formula is C14H16N4OS. The Morgan fingerprint density at radius 2 is 2.20 bits per heavy atom. The molecule has 0 spiro atoms. The minimum Gasteiger partial charge on any atom is -0.383 e. The molecule has 6 heteroatoms. The van der Waals surface area contributed by atoms with Crippen molar-refractivity contribution in [1.82, 2.24) is 13.9 Å². The van der Waals surface area contributed by atoms with Gasteiger partial charge >= 0.3 is 0 Å². The van der Waals surface area contributed by atoms with Crippen molar-refractivity contribution in [1.29, 1.82) is 0 Å². The Labute approximate surface area is 121 Å². The maximum Gasteiger partial charge on any atom is 0.204 e. The smallest absolute Gasteiger partial charge is 0.204 e. The van der Waals surface area contributed by atoms with Crippen LogP contribution in [0.5, 0.6) is 0 Å². The van der Waals surface area contributed by atoms with Gasteiger partial charge in [-0.05, 0) is 29.7 Å². The summed E-state index contributed by atoms with van der Waals surface area (Å²) < 4.78 is 11.4. The summed E-state index contributed by atoms with van der Waals surface area (Å²) in [6.07, 6.45) is 1.82. The molecule has 3 rings (SSSR count). The third-order valence-corrected chi connectivity index (χ3v) is 3.83. The Bertz CT molecular complexity index is 678. The van der Waals surface area contributed by atoms with E-state index >= 15 is 0 Å². The van der Waals surface area contributed by atoms with Gasteiger partial charge in [0.2, 0.25) is 5.95 Å². The van der Waals surface area contributed by atoms with Gasteiger partial charge in [-0.15, -0.1) is 0 Å². The van der Waals surface area contributed by atoms with Crippen molar-refractivity contribution in [2.45, 2.75) is 13.1 Å². The van der Waals surface area contributed by atoms with Crippen molar-refractivity contribution < 1.29 is 4.74 Å². The van der Waals surface area contributed by atoms with E-state index in [1.807, 2.05) is 30.5 Å². The molecule has 0 fully saturated rings. The number of benzene rings is 1. The highest BCUT2D eigenvalue weighted by atomic mass is 32.1. The molecule has 20 heavy (non-hydrogen) atoms. The summed E-state index contributed by atoms with van der Waals surface area (Å²) in [5.41, 5.74) is 2.12. The van der Waals surface area contributed by atoms with Gasteiger partial charge in [0.1, 0.15) is 0 Å². The predicted molar refractivity (Wildman–Crippen MR) is 81.0 cm³/mol. The quantitative estimate of drug-likeness (QED) is 0.758. The molecule has 1 N–H and O–H groups in total. The Balaban J connectivity index is 1.87. The molecule has 2 aromatic heterocycles. The summed E-state index contributed by atoms with van der Waals surface area (Å²) in [5.74, 6) is 0.872. The van der Waals surface area contributed by atoms with Gasteiger partial charge in [0, 0.05) is 24.7 Å². The van der Waals surface area contributed by atoms with Crippen LogP contribution in [0.4, 0.5) is 5.95 Å². The first kappa shape index (κ1) is 13.1. The van der Waals surface area contributed by atoms with Crippen LogP contribution in [0.2, 0.25) is 0 Å². The van der Waals surface area contributed by atoms with Crippen molar-refractivity contribution in [2.75, 3.05) is 19.0 Å². The van der Waals surface area contributed by atoms with Gasteiger partial charge in [-0.25, -0.2) is 9.36 Å². The molecule has 0 atom stereocenters. The number of anilines is 1. The second-order valence-corrected chi connectivity index (χ2v) is 5.32. The third-order valence-electron chi connectivity index (χ3n) is 3.09. The predicted octanol–water partition coefficient (Wildman–Crippen LogP) is 2.75.